The highest BCUT2D eigenvalue weighted by Gasteiger charge is 2.26. The summed E-state index contributed by atoms with van der Waals surface area (Å²) in [4.78, 5) is 6.60. The third kappa shape index (κ3) is 1.98. The largest absolute Gasteiger partial charge is 0.319 e. The molecule has 24 heavy (non-hydrogen) atoms. The van der Waals surface area contributed by atoms with E-state index in [9.17, 15) is 0 Å². The first-order valence-corrected chi connectivity index (χ1v) is 8.65. The molecule has 0 fully saturated rings. The molecule has 3 nitrogen and oxygen atoms in total. The summed E-state index contributed by atoms with van der Waals surface area (Å²) in [5, 5.41) is 1.46. The number of aryl methyl sites for hydroxylation is 1. The summed E-state index contributed by atoms with van der Waals surface area (Å²) < 4.78 is 2.48. The number of nitrogens with zero attached hydrogens (tertiary/aromatic N) is 3. The molecule has 2 aliphatic rings. The number of likely N-dealkylation sites (N-methyl/N-ethyl adjacent to an activating group) is 1. The molecule has 1 aromatic carbocycles. The van der Waals surface area contributed by atoms with Crippen LogP contribution < -0.4 is 0 Å². The molecule has 0 N–H and O–H groups in total. The molecule has 0 unspecified atom stereocenters. The third-order valence-electron chi connectivity index (χ3n) is 5.41. The first kappa shape index (κ1) is 14.0. The van der Waals surface area contributed by atoms with E-state index >= 15 is 0 Å². The monoisotopic (exact) mass is 315 g/mol. The molecule has 0 spiro atoms. The fourth-order valence-corrected chi connectivity index (χ4v) is 4.32. The van der Waals surface area contributed by atoms with Crippen molar-refractivity contribution in [2.45, 2.75) is 26.3 Å². The Morgan fingerprint density at radius 3 is 2.79 bits per heavy atom. The predicted molar refractivity (Wildman–Crippen MR) is 98.8 cm³/mol. The number of benzene rings is 1. The molecule has 0 bridgehead atoms. The molecule has 0 amide bonds. The molecule has 2 aromatic heterocycles. The van der Waals surface area contributed by atoms with Crippen LogP contribution in [0, 0.1) is 6.92 Å². The molecule has 0 atom stereocenters. The van der Waals surface area contributed by atoms with Crippen LogP contribution in [0.15, 0.2) is 36.7 Å². The Kier molecular flexibility index (Phi) is 2.95. The van der Waals surface area contributed by atoms with Gasteiger partial charge in [0, 0.05) is 55.6 Å². The Morgan fingerprint density at radius 1 is 1.12 bits per heavy atom. The van der Waals surface area contributed by atoms with E-state index in [1.807, 2.05) is 12.4 Å². The Morgan fingerprint density at radius 2 is 1.96 bits per heavy atom. The Bertz CT molecular complexity index is 979. The lowest BCUT2D eigenvalue weighted by molar-refractivity contribution is 0.312. The fourth-order valence-electron chi connectivity index (χ4n) is 4.32. The van der Waals surface area contributed by atoms with Crippen LogP contribution in [0.1, 0.15) is 27.9 Å². The van der Waals surface area contributed by atoms with Crippen molar-refractivity contribution in [3.63, 3.8) is 0 Å². The second kappa shape index (κ2) is 5.05. The standard InChI is InChI=1S/C21H21N3/c1-14-9-16-11-17(15-3-6-22-7-4-15)12-24-20-5-8-23(2)13-19(20)18(10-14)21(16)24/h3-4,6-7,9-10,12H,5,8,11,13H2,1-2H3. The van der Waals surface area contributed by atoms with Gasteiger partial charge in [-0.25, -0.2) is 0 Å². The van der Waals surface area contributed by atoms with Gasteiger partial charge in [0.15, 0.2) is 0 Å². The minimum atomic E-state index is 1.00. The van der Waals surface area contributed by atoms with Crippen LogP contribution in [0.3, 0.4) is 0 Å². The average Bonchev–Trinajstić information content (AvgIpc) is 2.90. The number of hydrogen-bond donors (Lipinski definition) is 0. The first-order chi connectivity index (χ1) is 11.7. The number of fused-ring (bicyclic) bond motifs is 3. The van der Waals surface area contributed by atoms with Crippen molar-refractivity contribution < 1.29 is 0 Å². The molecule has 0 radical (unpaired) electrons. The van der Waals surface area contributed by atoms with Crippen LogP contribution in [-0.4, -0.2) is 28.0 Å². The van der Waals surface area contributed by atoms with Gasteiger partial charge in [0.05, 0.1) is 5.52 Å². The smallest absolute Gasteiger partial charge is 0.0564 e. The molecule has 0 aliphatic carbocycles. The van der Waals surface area contributed by atoms with Gasteiger partial charge in [0.25, 0.3) is 0 Å². The van der Waals surface area contributed by atoms with Gasteiger partial charge >= 0.3 is 0 Å². The minimum absolute atomic E-state index is 1.00. The summed E-state index contributed by atoms with van der Waals surface area (Å²) in [6.45, 7) is 4.41. The summed E-state index contributed by atoms with van der Waals surface area (Å²) in [7, 11) is 2.22. The number of aromatic nitrogens is 2. The second-order valence-electron chi connectivity index (χ2n) is 7.17. The SMILES string of the molecule is Cc1cc2c3c(c1)c1c(n3C=C(c3ccncc3)C2)CCN(C)C1. The van der Waals surface area contributed by atoms with Crippen LogP contribution in [-0.2, 0) is 19.4 Å². The van der Waals surface area contributed by atoms with Gasteiger partial charge in [0.1, 0.15) is 0 Å². The highest BCUT2D eigenvalue weighted by Crippen LogP contribution is 2.39. The zero-order valence-corrected chi connectivity index (χ0v) is 14.2. The van der Waals surface area contributed by atoms with E-state index in [2.05, 4.69) is 58.9 Å². The van der Waals surface area contributed by atoms with Gasteiger partial charge in [-0.15, -0.1) is 0 Å². The summed E-state index contributed by atoms with van der Waals surface area (Å²) in [6, 6.07) is 8.97. The van der Waals surface area contributed by atoms with Crippen molar-refractivity contribution in [3.05, 3.63) is 64.6 Å². The highest BCUT2D eigenvalue weighted by atomic mass is 15.1. The van der Waals surface area contributed by atoms with Crippen LogP contribution in [0.5, 0.6) is 0 Å². The molecule has 120 valence electrons. The van der Waals surface area contributed by atoms with Gasteiger partial charge in [-0.3, -0.25) is 4.98 Å². The Hall–Kier alpha value is -2.39. The lowest BCUT2D eigenvalue weighted by Gasteiger charge is -2.24. The lowest BCUT2D eigenvalue weighted by atomic mass is 9.94. The molecule has 5 rings (SSSR count). The zero-order valence-electron chi connectivity index (χ0n) is 14.2. The van der Waals surface area contributed by atoms with Crippen LogP contribution >= 0.6 is 0 Å². The van der Waals surface area contributed by atoms with E-state index in [-0.39, 0.29) is 0 Å². The average molecular weight is 315 g/mol. The van der Waals surface area contributed by atoms with Crippen molar-refractivity contribution in [1.82, 2.24) is 14.5 Å². The quantitative estimate of drug-likeness (QED) is 0.679. The maximum Gasteiger partial charge on any atom is 0.0564 e. The normalized spacial score (nSPS) is 17.0. The van der Waals surface area contributed by atoms with Crippen molar-refractivity contribution >= 4 is 22.7 Å². The molecule has 4 heterocycles. The Labute approximate surface area is 142 Å². The summed E-state index contributed by atoms with van der Waals surface area (Å²) in [5.41, 5.74) is 9.93. The van der Waals surface area contributed by atoms with Crippen molar-refractivity contribution in [3.8, 4) is 0 Å². The Balaban J connectivity index is 1.80. The van der Waals surface area contributed by atoms with E-state index < -0.39 is 0 Å². The van der Waals surface area contributed by atoms with Gasteiger partial charge < -0.3 is 9.47 Å². The number of allylic oxidation sites excluding steroid dienone is 1. The van der Waals surface area contributed by atoms with E-state index in [1.54, 1.807) is 0 Å². The summed E-state index contributed by atoms with van der Waals surface area (Å²) >= 11 is 0. The molecular formula is C21H21N3. The number of rotatable bonds is 1. The third-order valence-corrected chi connectivity index (χ3v) is 5.41. The highest BCUT2D eigenvalue weighted by molar-refractivity contribution is 5.96. The topological polar surface area (TPSA) is 21.1 Å². The van der Waals surface area contributed by atoms with Crippen LogP contribution in [0.2, 0.25) is 0 Å². The van der Waals surface area contributed by atoms with Gasteiger partial charge in [0.2, 0.25) is 0 Å². The molecule has 0 saturated heterocycles. The summed E-state index contributed by atoms with van der Waals surface area (Å²) in [5.74, 6) is 0. The molecule has 3 heteroatoms. The molecule has 3 aromatic rings. The van der Waals surface area contributed by atoms with E-state index in [4.69, 9.17) is 0 Å². The van der Waals surface area contributed by atoms with Crippen LogP contribution in [0.25, 0.3) is 22.7 Å². The minimum Gasteiger partial charge on any atom is -0.319 e. The van der Waals surface area contributed by atoms with E-state index in [0.717, 1.165) is 25.9 Å². The van der Waals surface area contributed by atoms with Crippen molar-refractivity contribution in [2.75, 3.05) is 13.6 Å². The molecule has 0 saturated carbocycles. The van der Waals surface area contributed by atoms with Crippen LogP contribution in [0.4, 0.5) is 0 Å². The van der Waals surface area contributed by atoms with Crippen molar-refractivity contribution in [2.24, 2.45) is 0 Å². The fraction of sp³-hybridized carbons (Fsp3) is 0.286. The predicted octanol–water partition coefficient (Wildman–Crippen LogP) is 3.89. The van der Waals surface area contributed by atoms with Crippen molar-refractivity contribution in [1.29, 1.82) is 0 Å². The molecular weight excluding hydrogens is 294 g/mol. The van der Waals surface area contributed by atoms with Gasteiger partial charge in [-0.05, 0) is 54.4 Å². The maximum absolute atomic E-state index is 4.17. The molecule has 2 aliphatic heterocycles. The zero-order chi connectivity index (χ0) is 16.3. The van der Waals surface area contributed by atoms with E-state index in [0.29, 0.717) is 0 Å². The first-order valence-electron chi connectivity index (χ1n) is 8.65. The summed E-state index contributed by atoms with van der Waals surface area (Å²) in [6.07, 6.45) is 8.26. The number of hydrogen-bond acceptors (Lipinski definition) is 2. The van der Waals surface area contributed by atoms with E-state index in [1.165, 1.54) is 44.4 Å². The van der Waals surface area contributed by atoms with Gasteiger partial charge in [-0.1, -0.05) is 11.6 Å². The number of pyridine rings is 1. The maximum atomic E-state index is 4.17. The lowest BCUT2D eigenvalue weighted by Crippen LogP contribution is -2.27. The van der Waals surface area contributed by atoms with Gasteiger partial charge in [-0.2, -0.15) is 0 Å². The second-order valence-corrected chi connectivity index (χ2v) is 7.17.